The lowest BCUT2D eigenvalue weighted by Crippen LogP contribution is -2.34. The van der Waals surface area contributed by atoms with Gasteiger partial charge in [-0.2, -0.15) is 0 Å². The number of nitrogens with one attached hydrogen (secondary N) is 1. The van der Waals surface area contributed by atoms with E-state index in [1.807, 2.05) is 18.0 Å². The summed E-state index contributed by atoms with van der Waals surface area (Å²) >= 11 is 3.32. The van der Waals surface area contributed by atoms with Gasteiger partial charge in [0.1, 0.15) is 5.82 Å². The molecule has 2 rings (SSSR count). The van der Waals surface area contributed by atoms with Gasteiger partial charge in [0.25, 0.3) is 0 Å². The molecule has 1 aromatic rings. The largest absolute Gasteiger partial charge is 0.377 e. The van der Waals surface area contributed by atoms with E-state index in [9.17, 15) is 4.79 Å². The molecule has 1 fully saturated rings. The van der Waals surface area contributed by atoms with Crippen molar-refractivity contribution in [3.8, 4) is 0 Å². The number of hydrogen-bond acceptors (Lipinski definition) is 4. The number of anilines is 1. The molecule has 2 atom stereocenters. The summed E-state index contributed by atoms with van der Waals surface area (Å²) in [6.07, 6.45) is 7.08. The molecule has 0 bridgehead atoms. The van der Waals surface area contributed by atoms with E-state index >= 15 is 0 Å². The zero-order valence-electron chi connectivity index (χ0n) is 13.9. The normalized spacial score (nSPS) is 21.4. The Morgan fingerprint density at radius 1 is 1.43 bits per heavy atom. The highest BCUT2D eigenvalue weighted by atomic mass is 79.9. The molecule has 6 heteroatoms. The maximum absolute atomic E-state index is 12.0. The van der Waals surface area contributed by atoms with Gasteiger partial charge in [0.15, 0.2) is 0 Å². The Labute approximate surface area is 146 Å². The SMILES string of the molecule is CC1CCCCC1OCCN(C)CC(=O)Nc1ccc(Br)cn1. The highest BCUT2D eigenvalue weighted by Crippen LogP contribution is 2.26. The minimum Gasteiger partial charge on any atom is -0.377 e. The Morgan fingerprint density at radius 3 is 2.91 bits per heavy atom. The van der Waals surface area contributed by atoms with Crippen LogP contribution in [0.4, 0.5) is 5.82 Å². The fraction of sp³-hybridized carbons (Fsp3) is 0.647. The van der Waals surface area contributed by atoms with Crippen molar-refractivity contribution in [2.24, 2.45) is 5.92 Å². The third-order valence-corrected chi connectivity index (χ3v) is 4.72. The molecule has 1 heterocycles. The van der Waals surface area contributed by atoms with Crippen molar-refractivity contribution in [2.75, 3.05) is 32.1 Å². The smallest absolute Gasteiger partial charge is 0.239 e. The molecule has 23 heavy (non-hydrogen) atoms. The van der Waals surface area contributed by atoms with E-state index in [2.05, 4.69) is 33.2 Å². The number of amides is 1. The first-order valence-electron chi connectivity index (χ1n) is 8.26. The van der Waals surface area contributed by atoms with Crippen molar-refractivity contribution < 1.29 is 9.53 Å². The van der Waals surface area contributed by atoms with E-state index in [0.29, 0.717) is 31.0 Å². The van der Waals surface area contributed by atoms with Gasteiger partial charge < -0.3 is 10.1 Å². The number of carbonyl (C=O) groups excluding carboxylic acids is 1. The second-order valence-corrected chi connectivity index (χ2v) is 7.23. The number of likely N-dealkylation sites (N-methyl/N-ethyl adjacent to an activating group) is 1. The van der Waals surface area contributed by atoms with Crippen LogP contribution in [0.5, 0.6) is 0 Å². The molecule has 0 saturated heterocycles. The minimum absolute atomic E-state index is 0.0617. The van der Waals surface area contributed by atoms with E-state index in [-0.39, 0.29) is 5.91 Å². The number of rotatable bonds is 7. The molecular weight excluding hydrogens is 358 g/mol. The summed E-state index contributed by atoms with van der Waals surface area (Å²) in [5.41, 5.74) is 0. The van der Waals surface area contributed by atoms with Crippen LogP contribution in [0.25, 0.3) is 0 Å². The van der Waals surface area contributed by atoms with Crippen LogP contribution in [0.15, 0.2) is 22.8 Å². The molecule has 0 aromatic carbocycles. The van der Waals surface area contributed by atoms with Gasteiger partial charge in [-0.15, -0.1) is 0 Å². The van der Waals surface area contributed by atoms with Crippen molar-refractivity contribution in [1.29, 1.82) is 0 Å². The maximum Gasteiger partial charge on any atom is 0.239 e. The molecule has 5 nitrogen and oxygen atoms in total. The van der Waals surface area contributed by atoms with Crippen molar-refractivity contribution in [3.63, 3.8) is 0 Å². The van der Waals surface area contributed by atoms with Gasteiger partial charge in [0.2, 0.25) is 5.91 Å². The minimum atomic E-state index is -0.0617. The highest BCUT2D eigenvalue weighted by Gasteiger charge is 2.21. The van der Waals surface area contributed by atoms with E-state index in [4.69, 9.17) is 4.74 Å². The van der Waals surface area contributed by atoms with Crippen molar-refractivity contribution in [2.45, 2.75) is 38.7 Å². The molecule has 0 radical (unpaired) electrons. The number of halogens is 1. The number of pyridine rings is 1. The van der Waals surface area contributed by atoms with Gasteiger partial charge in [-0.25, -0.2) is 4.98 Å². The standard InChI is InChI=1S/C17H26BrN3O2/c1-13-5-3-4-6-15(13)23-10-9-21(2)12-17(22)20-16-8-7-14(18)11-19-16/h7-8,11,13,15H,3-6,9-10,12H2,1-2H3,(H,19,20,22). The van der Waals surface area contributed by atoms with Crippen molar-refractivity contribution >= 4 is 27.7 Å². The fourth-order valence-electron chi connectivity index (χ4n) is 2.85. The molecule has 1 saturated carbocycles. The van der Waals surface area contributed by atoms with Crippen LogP contribution in [-0.2, 0) is 9.53 Å². The summed E-state index contributed by atoms with van der Waals surface area (Å²) < 4.78 is 6.88. The Hall–Kier alpha value is -0.980. The summed E-state index contributed by atoms with van der Waals surface area (Å²) in [4.78, 5) is 18.1. The average molecular weight is 384 g/mol. The summed E-state index contributed by atoms with van der Waals surface area (Å²) in [6, 6.07) is 3.63. The van der Waals surface area contributed by atoms with Crippen molar-refractivity contribution in [3.05, 3.63) is 22.8 Å². The predicted octanol–water partition coefficient (Wildman–Crippen LogP) is 3.31. The molecule has 1 aromatic heterocycles. The van der Waals surface area contributed by atoms with E-state index in [1.165, 1.54) is 25.7 Å². The Balaban J connectivity index is 1.64. The first kappa shape index (κ1) is 18.4. The van der Waals surface area contributed by atoms with Gasteiger partial charge in [-0.1, -0.05) is 19.8 Å². The lowest BCUT2D eigenvalue weighted by molar-refractivity contribution is -0.117. The van der Waals surface area contributed by atoms with Crippen LogP contribution in [0.1, 0.15) is 32.6 Å². The summed E-state index contributed by atoms with van der Waals surface area (Å²) in [5.74, 6) is 1.16. The van der Waals surface area contributed by atoms with E-state index in [0.717, 1.165) is 11.0 Å². The Kier molecular flexibility index (Phi) is 7.46. The first-order chi connectivity index (χ1) is 11.0. The van der Waals surface area contributed by atoms with Gasteiger partial charge in [0.05, 0.1) is 19.3 Å². The molecule has 1 aliphatic rings. The third kappa shape index (κ3) is 6.57. The van der Waals surface area contributed by atoms with Gasteiger partial charge in [-0.05, 0) is 53.9 Å². The van der Waals surface area contributed by atoms with Crippen LogP contribution in [0, 0.1) is 5.92 Å². The van der Waals surface area contributed by atoms with E-state index in [1.54, 1.807) is 12.3 Å². The van der Waals surface area contributed by atoms with Gasteiger partial charge >= 0.3 is 0 Å². The maximum atomic E-state index is 12.0. The predicted molar refractivity (Wildman–Crippen MR) is 95.4 cm³/mol. The topological polar surface area (TPSA) is 54.5 Å². The number of nitrogens with zero attached hydrogens (tertiary/aromatic N) is 2. The lowest BCUT2D eigenvalue weighted by atomic mass is 9.88. The number of carbonyl (C=O) groups is 1. The average Bonchev–Trinajstić information content (AvgIpc) is 2.51. The van der Waals surface area contributed by atoms with E-state index < -0.39 is 0 Å². The van der Waals surface area contributed by atoms with Gasteiger partial charge in [0, 0.05) is 17.2 Å². The highest BCUT2D eigenvalue weighted by molar-refractivity contribution is 9.10. The Morgan fingerprint density at radius 2 is 2.22 bits per heavy atom. The van der Waals surface area contributed by atoms with Crippen molar-refractivity contribution in [1.82, 2.24) is 9.88 Å². The molecular formula is C17H26BrN3O2. The molecule has 0 aliphatic heterocycles. The summed E-state index contributed by atoms with van der Waals surface area (Å²) in [5, 5.41) is 2.79. The van der Waals surface area contributed by atoms with Crippen LogP contribution in [0.3, 0.4) is 0 Å². The molecule has 2 unspecified atom stereocenters. The molecule has 0 spiro atoms. The number of ether oxygens (including phenoxy) is 1. The summed E-state index contributed by atoms with van der Waals surface area (Å²) in [6.45, 7) is 4.03. The zero-order chi connectivity index (χ0) is 16.7. The molecule has 1 N–H and O–H groups in total. The van der Waals surface area contributed by atoms with Gasteiger partial charge in [-0.3, -0.25) is 9.69 Å². The fourth-order valence-corrected chi connectivity index (χ4v) is 3.08. The summed E-state index contributed by atoms with van der Waals surface area (Å²) in [7, 11) is 1.93. The van der Waals surface area contributed by atoms with Crippen LogP contribution >= 0.6 is 15.9 Å². The van der Waals surface area contributed by atoms with Crippen LogP contribution < -0.4 is 5.32 Å². The second-order valence-electron chi connectivity index (χ2n) is 6.32. The number of hydrogen-bond donors (Lipinski definition) is 1. The lowest BCUT2D eigenvalue weighted by Gasteiger charge is -2.29. The molecule has 128 valence electrons. The quantitative estimate of drug-likeness (QED) is 0.784. The Bertz CT molecular complexity index is 495. The number of aromatic nitrogens is 1. The van der Waals surface area contributed by atoms with Crippen LogP contribution in [-0.4, -0.2) is 48.6 Å². The molecule has 1 aliphatic carbocycles. The first-order valence-corrected chi connectivity index (χ1v) is 9.05. The zero-order valence-corrected chi connectivity index (χ0v) is 15.5. The monoisotopic (exact) mass is 383 g/mol. The third-order valence-electron chi connectivity index (χ3n) is 4.25. The molecule has 1 amide bonds. The van der Waals surface area contributed by atoms with Crippen LogP contribution in [0.2, 0.25) is 0 Å². The second kappa shape index (κ2) is 9.35.